The summed E-state index contributed by atoms with van der Waals surface area (Å²) < 4.78 is 11.1. The quantitative estimate of drug-likeness (QED) is 0.798. The topological polar surface area (TPSA) is 57.5 Å². The Balaban J connectivity index is 1.27. The molecule has 0 aliphatic carbocycles. The highest BCUT2D eigenvalue weighted by Gasteiger charge is 2.22. The molecule has 2 heterocycles. The van der Waals surface area contributed by atoms with Crippen molar-refractivity contribution in [3.63, 3.8) is 0 Å². The van der Waals surface area contributed by atoms with Gasteiger partial charge in [-0.2, -0.15) is 0 Å². The van der Waals surface area contributed by atoms with Crippen molar-refractivity contribution >= 4 is 6.02 Å². The number of phenols is 1. The summed E-state index contributed by atoms with van der Waals surface area (Å²) in [5.74, 6) is 1.20. The number of amidine groups is 1. The third kappa shape index (κ3) is 5.33. The Hall–Kier alpha value is -2.99. The first kappa shape index (κ1) is 20.3. The van der Waals surface area contributed by atoms with Crippen LogP contribution in [0.5, 0.6) is 11.5 Å². The second-order valence-electron chi connectivity index (χ2n) is 7.67. The Kier molecular flexibility index (Phi) is 6.54. The van der Waals surface area contributed by atoms with E-state index >= 15 is 0 Å². The van der Waals surface area contributed by atoms with E-state index < -0.39 is 0 Å². The van der Waals surface area contributed by atoms with Crippen molar-refractivity contribution in [2.75, 3.05) is 46.4 Å². The predicted molar refractivity (Wildman–Crippen MR) is 118 cm³/mol. The average molecular weight is 408 g/mol. The van der Waals surface area contributed by atoms with Crippen LogP contribution < -0.4 is 4.74 Å². The van der Waals surface area contributed by atoms with Gasteiger partial charge in [0.05, 0.1) is 7.11 Å². The van der Waals surface area contributed by atoms with Gasteiger partial charge in [0.15, 0.2) is 0 Å². The van der Waals surface area contributed by atoms with E-state index in [1.165, 1.54) is 5.56 Å². The van der Waals surface area contributed by atoms with Crippen LogP contribution in [-0.4, -0.2) is 67.4 Å². The lowest BCUT2D eigenvalue weighted by molar-refractivity contribution is 0.153. The third-order valence-electron chi connectivity index (χ3n) is 5.59. The lowest BCUT2D eigenvalue weighted by Crippen LogP contribution is -2.50. The number of piperazine rings is 1. The fourth-order valence-corrected chi connectivity index (χ4v) is 3.79. The summed E-state index contributed by atoms with van der Waals surface area (Å²) >= 11 is 0. The number of ether oxygens (including phenoxy) is 2. The smallest absolute Gasteiger partial charge is 0.292 e. The number of hydrogen-bond donors (Lipinski definition) is 1. The maximum Gasteiger partial charge on any atom is 0.292 e. The van der Waals surface area contributed by atoms with Crippen LogP contribution in [0.3, 0.4) is 0 Å². The standard InChI is InChI=1S/C24H29N3O3/c1-29-23-4-2-3-19(18-23)9-11-26-12-14-27(15-13-26)24-25-21(10-16-30-24)17-20-5-7-22(28)8-6-20/h2-8,10,18,28H,9,11-17H2,1H3. The van der Waals surface area contributed by atoms with Gasteiger partial charge in [-0.1, -0.05) is 24.3 Å². The Labute approximate surface area is 178 Å². The van der Waals surface area contributed by atoms with Gasteiger partial charge in [0.2, 0.25) is 0 Å². The molecule has 6 nitrogen and oxygen atoms in total. The molecular weight excluding hydrogens is 378 g/mol. The lowest BCUT2D eigenvalue weighted by atomic mass is 10.1. The Morgan fingerprint density at radius 3 is 2.60 bits per heavy atom. The highest BCUT2D eigenvalue weighted by atomic mass is 16.5. The molecule has 0 amide bonds. The van der Waals surface area contributed by atoms with Gasteiger partial charge in [-0.05, 0) is 47.9 Å². The molecule has 0 radical (unpaired) electrons. The van der Waals surface area contributed by atoms with Crippen LogP contribution in [0.4, 0.5) is 0 Å². The second-order valence-corrected chi connectivity index (χ2v) is 7.67. The Morgan fingerprint density at radius 1 is 1.03 bits per heavy atom. The van der Waals surface area contributed by atoms with Crippen molar-refractivity contribution in [3.8, 4) is 11.5 Å². The Morgan fingerprint density at radius 2 is 1.83 bits per heavy atom. The van der Waals surface area contributed by atoms with Crippen molar-refractivity contribution in [3.05, 3.63) is 71.4 Å². The molecule has 1 fully saturated rings. The number of allylic oxidation sites excluding steroid dienone is 1. The van der Waals surface area contributed by atoms with E-state index in [0.29, 0.717) is 6.61 Å². The van der Waals surface area contributed by atoms with Crippen molar-refractivity contribution in [2.24, 2.45) is 4.99 Å². The van der Waals surface area contributed by atoms with Crippen molar-refractivity contribution in [2.45, 2.75) is 12.8 Å². The van der Waals surface area contributed by atoms with Crippen LogP contribution in [0.1, 0.15) is 11.1 Å². The zero-order chi connectivity index (χ0) is 20.8. The summed E-state index contributed by atoms with van der Waals surface area (Å²) in [7, 11) is 1.71. The monoisotopic (exact) mass is 407 g/mol. The van der Waals surface area contributed by atoms with Gasteiger partial charge >= 0.3 is 0 Å². The number of methoxy groups -OCH3 is 1. The summed E-state index contributed by atoms with van der Waals surface area (Å²) in [6.07, 6.45) is 3.79. The average Bonchev–Trinajstić information content (AvgIpc) is 2.80. The molecule has 4 rings (SSSR count). The van der Waals surface area contributed by atoms with Crippen LogP contribution in [0.25, 0.3) is 0 Å². The van der Waals surface area contributed by atoms with Gasteiger partial charge < -0.3 is 19.5 Å². The maximum absolute atomic E-state index is 9.44. The molecule has 0 saturated carbocycles. The first-order chi connectivity index (χ1) is 14.7. The highest BCUT2D eigenvalue weighted by molar-refractivity contribution is 5.76. The minimum absolute atomic E-state index is 0.285. The number of benzene rings is 2. The van der Waals surface area contributed by atoms with E-state index in [9.17, 15) is 5.11 Å². The molecule has 2 aliphatic heterocycles. The van der Waals surface area contributed by atoms with Crippen LogP contribution in [-0.2, 0) is 17.6 Å². The summed E-state index contributed by atoms with van der Waals surface area (Å²) in [6.45, 7) is 5.45. The zero-order valence-corrected chi connectivity index (χ0v) is 17.5. The molecule has 158 valence electrons. The lowest BCUT2D eigenvalue weighted by Gasteiger charge is -2.36. The van der Waals surface area contributed by atoms with Crippen LogP contribution >= 0.6 is 0 Å². The SMILES string of the molecule is COc1cccc(CCN2CCN(C3=NC(Cc4ccc(O)cc4)=CCO3)CC2)c1. The molecular formula is C24H29N3O3. The van der Waals surface area contributed by atoms with E-state index in [4.69, 9.17) is 14.5 Å². The summed E-state index contributed by atoms with van der Waals surface area (Å²) in [5, 5.41) is 9.44. The van der Waals surface area contributed by atoms with E-state index in [-0.39, 0.29) is 5.75 Å². The number of phenolic OH excluding ortho intramolecular Hbond substituents is 1. The van der Waals surface area contributed by atoms with E-state index in [1.807, 2.05) is 30.3 Å². The first-order valence-electron chi connectivity index (χ1n) is 10.5. The molecule has 2 aliphatic rings. The number of hydrogen-bond acceptors (Lipinski definition) is 6. The molecule has 0 bridgehead atoms. The third-order valence-corrected chi connectivity index (χ3v) is 5.59. The zero-order valence-electron chi connectivity index (χ0n) is 17.5. The largest absolute Gasteiger partial charge is 0.508 e. The van der Waals surface area contributed by atoms with Gasteiger partial charge in [-0.25, -0.2) is 4.99 Å². The highest BCUT2D eigenvalue weighted by Crippen LogP contribution is 2.18. The van der Waals surface area contributed by atoms with Gasteiger partial charge in [0.1, 0.15) is 18.1 Å². The summed E-state index contributed by atoms with van der Waals surface area (Å²) in [6, 6.07) is 16.3. The fraction of sp³-hybridized carbons (Fsp3) is 0.375. The maximum atomic E-state index is 9.44. The number of aliphatic imine (C=N–C) groups is 1. The molecule has 0 aromatic heterocycles. The van der Waals surface area contributed by atoms with Crippen LogP contribution in [0.15, 0.2) is 65.3 Å². The van der Waals surface area contributed by atoms with Gasteiger partial charge in [-0.3, -0.25) is 4.90 Å². The predicted octanol–water partition coefficient (Wildman–Crippen LogP) is 3.07. The molecule has 2 aromatic carbocycles. The molecule has 1 saturated heterocycles. The van der Waals surface area contributed by atoms with E-state index in [2.05, 4.69) is 21.9 Å². The molecule has 6 heteroatoms. The normalized spacial score (nSPS) is 17.2. The number of nitrogens with zero attached hydrogens (tertiary/aromatic N) is 3. The minimum atomic E-state index is 0.285. The van der Waals surface area contributed by atoms with E-state index in [0.717, 1.165) is 68.6 Å². The summed E-state index contributed by atoms with van der Waals surface area (Å²) in [5.41, 5.74) is 3.45. The minimum Gasteiger partial charge on any atom is -0.508 e. The fourth-order valence-electron chi connectivity index (χ4n) is 3.79. The van der Waals surface area contributed by atoms with Gasteiger partial charge in [0, 0.05) is 44.8 Å². The molecule has 0 spiro atoms. The Bertz CT molecular complexity index is 900. The number of aromatic hydroxyl groups is 1. The first-order valence-corrected chi connectivity index (χ1v) is 10.5. The molecule has 30 heavy (non-hydrogen) atoms. The number of rotatable bonds is 6. The molecule has 0 unspecified atom stereocenters. The van der Waals surface area contributed by atoms with Crippen molar-refractivity contribution in [1.82, 2.24) is 9.80 Å². The van der Waals surface area contributed by atoms with Gasteiger partial charge in [-0.15, -0.1) is 0 Å². The second kappa shape index (κ2) is 9.67. The van der Waals surface area contributed by atoms with Crippen molar-refractivity contribution in [1.29, 1.82) is 0 Å². The molecule has 2 aromatic rings. The molecule has 1 N–H and O–H groups in total. The molecule has 0 atom stereocenters. The summed E-state index contributed by atoms with van der Waals surface area (Å²) in [4.78, 5) is 9.48. The van der Waals surface area contributed by atoms with Crippen LogP contribution in [0.2, 0.25) is 0 Å². The van der Waals surface area contributed by atoms with Gasteiger partial charge in [0.25, 0.3) is 6.02 Å². The van der Waals surface area contributed by atoms with E-state index in [1.54, 1.807) is 19.2 Å². The van der Waals surface area contributed by atoms with Crippen molar-refractivity contribution < 1.29 is 14.6 Å². The van der Waals surface area contributed by atoms with Crippen LogP contribution in [0, 0.1) is 0 Å².